The van der Waals surface area contributed by atoms with Crippen LogP contribution in [0.3, 0.4) is 0 Å². The number of phenols is 1. The second kappa shape index (κ2) is 6.91. The number of nitrogens with one attached hydrogen (secondary N) is 2. The van der Waals surface area contributed by atoms with E-state index in [0.717, 1.165) is 44.5 Å². The summed E-state index contributed by atoms with van der Waals surface area (Å²) in [5, 5.41) is 26.6. The number of aryl methyl sites for hydroxylation is 1. The molecule has 32 heavy (non-hydrogen) atoms. The number of H-pyrrole nitrogens is 2. The number of aromatic nitrogens is 5. The van der Waals surface area contributed by atoms with Gasteiger partial charge in [-0.1, -0.05) is 12.1 Å². The molecule has 8 heteroatoms. The molecule has 2 aromatic carbocycles. The van der Waals surface area contributed by atoms with Gasteiger partial charge in [-0.2, -0.15) is 10.2 Å². The van der Waals surface area contributed by atoms with Crippen molar-refractivity contribution in [3.8, 4) is 17.0 Å². The van der Waals surface area contributed by atoms with Gasteiger partial charge in [0.25, 0.3) is 5.91 Å². The molecule has 0 radical (unpaired) electrons. The monoisotopic (exact) mass is 424 g/mol. The van der Waals surface area contributed by atoms with Crippen LogP contribution in [0, 0.1) is 6.92 Å². The number of nitrogens with zero attached hydrogens (tertiary/aromatic N) is 4. The van der Waals surface area contributed by atoms with Crippen LogP contribution < -0.4 is 0 Å². The zero-order valence-corrected chi connectivity index (χ0v) is 17.4. The van der Waals surface area contributed by atoms with E-state index in [0.29, 0.717) is 30.7 Å². The largest absolute Gasteiger partial charge is 0.508 e. The van der Waals surface area contributed by atoms with Gasteiger partial charge in [0, 0.05) is 46.3 Å². The van der Waals surface area contributed by atoms with E-state index in [1.807, 2.05) is 30.0 Å². The molecule has 0 unspecified atom stereocenters. The number of carbonyl (C=O) groups is 1. The highest BCUT2D eigenvalue weighted by Gasteiger charge is 2.27. The van der Waals surface area contributed by atoms with Crippen molar-refractivity contribution in [2.45, 2.75) is 19.9 Å². The average molecular weight is 424 g/mol. The molecule has 0 bridgehead atoms. The van der Waals surface area contributed by atoms with Crippen molar-refractivity contribution in [2.24, 2.45) is 0 Å². The molecule has 5 aromatic rings. The van der Waals surface area contributed by atoms with Gasteiger partial charge < -0.3 is 10.0 Å². The first-order chi connectivity index (χ1) is 15.6. The van der Waals surface area contributed by atoms with E-state index in [1.54, 1.807) is 24.3 Å². The van der Waals surface area contributed by atoms with E-state index in [-0.39, 0.29) is 11.7 Å². The average Bonchev–Trinajstić information content (AvgIpc) is 3.41. The lowest BCUT2D eigenvalue weighted by Crippen LogP contribution is -2.36. The number of amides is 1. The van der Waals surface area contributed by atoms with Gasteiger partial charge in [-0.25, -0.2) is 4.98 Å². The van der Waals surface area contributed by atoms with Gasteiger partial charge in [-0.15, -0.1) is 0 Å². The van der Waals surface area contributed by atoms with Gasteiger partial charge in [-0.3, -0.25) is 15.0 Å². The fourth-order valence-electron chi connectivity index (χ4n) is 4.39. The van der Waals surface area contributed by atoms with Gasteiger partial charge >= 0.3 is 0 Å². The van der Waals surface area contributed by atoms with Gasteiger partial charge in [0.1, 0.15) is 11.4 Å². The standard InChI is InChI=1S/C24H20N6O2/c1-13-17-11-15(3-5-20(17)27-26-13)23-18-12-30(9-8-21(18)28-29-23)24(32)22-6-2-14-10-16(31)4-7-19(14)25-22/h2-7,10-11,31H,8-9,12H2,1H3,(H,26,27)(H,28,29). The lowest BCUT2D eigenvalue weighted by Gasteiger charge is -2.27. The van der Waals surface area contributed by atoms with Gasteiger partial charge in [0.2, 0.25) is 0 Å². The summed E-state index contributed by atoms with van der Waals surface area (Å²) in [5.74, 6) is 0.0668. The Morgan fingerprint density at radius 3 is 2.81 bits per heavy atom. The molecule has 158 valence electrons. The molecule has 1 aliphatic rings. The Hall–Kier alpha value is -4.20. The lowest BCUT2D eigenvalue weighted by molar-refractivity contribution is 0.0729. The minimum absolute atomic E-state index is 0.112. The molecule has 3 aromatic heterocycles. The van der Waals surface area contributed by atoms with Crippen LogP contribution in [0.15, 0.2) is 48.5 Å². The Bertz CT molecular complexity index is 1520. The van der Waals surface area contributed by atoms with Crippen LogP contribution in [0.4, 0.5) is 0 Å². The molecule has 1 aliphatic heterocycles. The summed E-state index contributed by atoms with van der Waals surface area (Å²) in [6.07, 6.45) is 0.711. The molecule has 0 fully saturated rings. The van der Waals surface area contributed by atoms with Crippen LogP contribution >= 0.6 is 0 Å². The third-order valence-electron chi connectivity index (χ3n) is 6.13. The van der Waals surface area contributed by atoms with E-state index in [9.17, 15) is 9.90 Å². The molecule has 0 saturated carbocycles. The summed E-state index contributed by atoms with van der Waals surface area (Å²) in [4.78, 5) is 19.6. The number of aromatic amines is 2. The number of phenolic OH excluding ortho intramolecular Hbond substituents is 1. The maximum atomic E-state index is 13.2. The van der Waals surface area contributed by atoms with Gasteiger partial charge in [0.15, 0.2) is 0 Å². The number of hydrogen-bond donors (Lipinski definition) is 3. The molecule has 3 N–H and O–H groups in total. The fourth-order valence-corrected chi connectivity index (χ4v) is 4.39. The normalized spacial score (nSPS) is 13.6. The van der Waals surface area contributed by atoms with Crippen molar-refractivity contribution in [1.29, 1.82) is 0 Å². The first kappa shape index (κ1) is 18.6. The summed E-state index contributed by atoms with van der Waals surface area (Å²) >= 11 is 0. The molecule has 0 saturated heterocycles. The summed E-state index contributed by atoms with van der Waals surface area (Å²) in [6, 6.07) is 14.6. The number of aromatic hydroxyl groups is 1. The van der Waals surface area contributed by atoms with Crippen LogP contribution in [-0.2, 0) is 13.0 Å². The summed E-state index contributed by atoms with van der Waals surface area (Å²) in [5.41, 5.74) is 6.97. The van der Waals surface area contributed by atoms with E-state index in [4.69, 9.17) is 0 Å². The van der Waals surface area contributed by atoms with Crippen LogP contribution in [-0.4, -0.2) is 47.8 Å². The van der Waals surface area contributed by atoms with Crippen LogP contribution in [0.25, 0.3) is 33.1 Å². The highest BCUT2D eigenvalue weighted by atomic mass is 16.3. The van der Waals surface area contributed by atoms with E-state index in [1.165, 1.54) is 0 Å². The minimum Gasteiger partial charge on any atom is -0.508 e. The molecule has 0 atom stereocenters. The topological polar surface area (TPSA) is 111 Å². The maximum Gasteiger partial charge on any atom is 0.272 e. The lowest BCUT2D eigenvalue weighted by atomic mass is 9.99. The molecular weight excluding hydrogens is 404 g/mol. The van der Waals surface area contributed by atoms with Crippen molar-refractivity contribution < 1.29 is 9.90 Å². The maximum absolute atomic E-state index is 13.2. The summed E-state index contributed by atoms with van der Waals surface area (Å²) in [7, 11) is 0. The van der Waals surface area contributed by atoms with Crippen molar-refractivity contribution in [2.75, 3.05) is 6.54 Å². The molecule has 6 rings (SSSR count). The molecule has 0 aliphatic carbocycles. The molecular formula is C24H20N6O2. The highest BCUT2D eigenvalue weighted by molar-refractivity contribution is 5.95. The van der Waals surface area contributed by atoms with E-state index >= 15 is 0 Å². The number of hydrogen-bond acceptors (Lipinski definition) is 5. The first-order valence-corrected chi connectivity index (χ1v) is 10.5. The van der Waals surface area contributed by atoms with Crippen molar-refractivity contribution in [1.82, 2.24) is 30.3 Å². The zero-order chi connectivity index (χ0) is 21.8. The number of carbonyl (C=O) groups excluding carboxylic acids is 1. The second-order valence-electron chi connectivity index (χ2n) is 8.16. The second-order valence-corrected chi connectivity index (χ2v) is 8.16. The molecule has 8 nitrogen and oxygen atoms in total. The highest BCUT2D eigenvalue weighted by Crippen LogP contribution is 2.31. The Morgan fingerprint density at radius 2 is 1.91 bits per heavy atom. The van der Waals surface area contributed by atoms with Crippen molar-refractivity contribution in [3.63, 3.8) is 0 Å². The SMILES string of the molecule is Cc1[nH]nc2ccc(-c3n[nH]c4c3CN(C(=O)c3ccc5cc(O)ccc5n3)CC4)cc12. The molecule has 4 heterocycles. The molecule has 0 spiro atoms. The smallest absolute Gasteiger partial charge is 0.272 e. The first-order valence-electron chi connectivity index (χ1n) is 10.5. The number of pyridine rings is 1. The third kappa shape index (κ3) is 2.91. The Kier molecular flexibility index (Phi) is 4.01. The van der Waals surface area contributed by atoms with Crippen molar-refractivity contribution >= 4 is 27.7 Å². The third-order valence-corrected chi connectivity index (χ3v) is 6.13. The Labute approximate surface area is 182 Å². The number of rotatable bonds is 2. The zero-order valence-electron chi connectivity index (χ0n) is 17.4. The van der Waals surface area contributed by atoms with Gasteiger partial charge in [-0.05, 0) is 43.3 Å². The van der Waals surface area contributed by atoms with E-state index in [2.05, 4.69) is 31.4 Å². The minimum atomic E-state index is -0.112. The predicted molar refractivity (Wildman–Crippen MR) is 120 cm³/mol. The van der Waals surface area contributed by atoms with Crippen LogP contribution in [0.1, 0.15) is 27.4 Å². The fraction of sp³-hybridized carbons (Fsp3) is 0.167. The Morgan fingerprint density at radius 1 is 1.03 bits per heavy atom. The molecule has 1 amide bonds. The van der Waals surface area contributed by atoms with Crippen LogP contribution in [0.2, 0.25) is 0 Å². The van der Waals surface area contributed by atoms with E-state index < -0.39 is 0 Å². The van der Waals surface area contributed by atoms with Crippen LogP contribution in [0.5, 0.6) is 5.75 Å². The predicted octanol–water partition coefficient (Wildman–Crippen LogP) is 3.71. The quantitative estimate of drug-likeness (QED) is 0.400. The van der Waals surface area contributed by atoms with Crippen molar-refractivity contribution in [3.05, 3.63) is 71.2 Å². The summed E-state index contributed by atoms with van der Waals surface area (Å²) in [6.45, 7) is 3.07. The number of fused-ring (bicyclic) bond motifs is 3. The Balaban J connectivity index is 1.33. The number of benzene rings is 2. The van der Waals surface area contributed by atoms with Gasteiger partial charge in [0.05, 0.1) is 23.3 Å². The summed E-state index contributed by atoms with van der Waals surface area (Å²) < 4.78 is 0.